The minimum Gasteiger partial charge on any atom is -0.451 e. The molecule has 0 unspecified atom stereocenters. The summed E-state index contributed by atoms with van der Waals surface area (Å²) in [5.41, 5.74) is 0. The Bertz CT molecular complexity index is 765. The van der Waals surface area contributed by atoms with Gasteiger partial charge >= 0.3 is 5.97 Å². The van der Waals surface area contributed by atoms with Gasteiger partial charge in [-0.15, -0.1) is 11.3 Å². The molecule has 1 aromatic heterocycles. The van der Waals surface area contributed by atoms with E-state index in [1.807, 2.05) is 13.8 Å². The van der Waals surface area contributed by atoms with Crippen molar-refractivity contribution in [3.63, 3.8) is 0 Å². The van der Waals surface area contributed by atoms with Crippen LogP contribution in [0.15, 0.2) is 24.3 Å². The molecule has 2 atom stereocenters. The quantitative estimate of drug-likeness (QED) is 0.798. The van der Waals surface area contributed by atoms with E-state index in [-0.39, 0.29) is 30.5 Å². The van der Waals surface area contributed by atoms with Crippen LogP contribution in [-0.2, 0) is 14.3 Å². The van der Waals surface area contributed by atoms with Crippen LogP contribution in [0.3, 0.4) is 0 Å². The SMILES string of the molecule is C[C@@H]1CN(C(=O)COC(=O)c2cc3cc(F)ccc3s2)C[C@H](C)O1. The van der Waals surface area contributed by atoms with E-state index in [9.17, 15) is 14.0 Å². The Morgan fingerprint density at radius 3 is 2.71 bits per heavy atom. The number of nitrogens with zero attached hydrogens (tertiary/aromatic N) is 1. The second-order valence-corrected chi connectivity index (χ2v) is 7.01. The van der Waals surface area contributed by atoms with E-state index in [1.54, 1.807) is 17.0 Å². The molecule has 5 nitrogen and oxygen atoms in total. The number of thiophene rings is 1. The standard InChI is InChI=1S/C17H18FNO4S/c1-10-7-19(8-11(2)23-10)16(20)9-22-17(21)15-6-12-5-13(18)3-4-14(12)24-15/h3-6,10-11H,7-9H2,1-2H3/t10-,11+. The van der Waals surface area contributed by atoms with Crippen molar-refractivity contribution in [2.24, 2.45) is 0 Å². The van der Waals surface area contributed by atoms with Crippen LogP contribution >= 0.6 is 11.3 Å². The first-order valence-electron chi connectivity index (χ1n) is 7.72. The lowest BCUT2D eigenvalue weighted by Gasteiger charge is -2.35. The summed E-state index contributed by atoms with van der Waals surface area (Å²) in [4.78, 5) is 26.3. The molecule has 3 rings (SSSR count). The van der Waals surface area contributed by atoms with Crippen LogP contribution in [-0.4, -0.2) is 48.7 Å². The van der Waals surface area contributed by atoms with Gasteiger partial charge in [-0.3, -0.25) is 4.79 Å². The number of esters is 1. The number of halogens is 1. The number of morpholine rings is 1. The van der Waals surface area contributed by atoms with Crippen LogP contribution < -0.4 is 0 Å². The normalized spacial score (nSPS) is 21.0. The third-order valence-corrected chi connectivity index (χ3v) is 4.87. The second kappa shape index (κ2) is 6.86. The van der Waals surface area contributed by atoms with E-state index >= 15 is 0 Å². The van der Waals surface area contributed by atoms with Crippen molar-refractivity contribution in [1.29, 1.82) is 0 Å². The number of carbonyl (C=O) groups excluding carboxylic acids is 2. The summed E-state index contributed by atoms with van der Waals surface area (Å²) < 4.78 is 24.7. The summed E-state index contributed by atoms with van der Waals surface area (Å²) in [7, 11) is 0. The predicted octanol–water partition coefficient (Wildman–Crippen LogP) is 2.83. The molecule has 0 saturated carbocycles. The number of fused-ring (bicyclic) bond motifs is 1. The van der Waals surface area contributed by atoms with Gasteiger partial charge in [-0.1, -0.05) is 0 Å². The summed E-state index contributed by atoms with van der Waals surface area (Å²) in [5.74, 6) is -1.16. The maximum atomic E-state index is 13.2. The Morgan fingerprint density at radius 1 is 1.29 bits per heavy atom. The summed E-state index contributed by atoms with van der Waals surface area (Å²) >= 11 is 1.22. The van der Waals surface area contributed by atoms with Gasteiger partial charge in [0.2, 0.25) is 0 Å². The van der Waals surface area contributed by atoms with Gasteiger partial charge in [0.15, 0.2) is 6.61 Å². The Labute approximate surface area is 143 Å². The smallest absolute Gasteiger partial charge is 0.348 e. The van der Waals surface area contributed by atoms with Gasteiger partial charge in [0.25, 0.3) is 5.91 Å². The molecule has 0 bridgehead atoms. The third kappa shape index (κ3) is 3.73. The van der Waals surface area contributed by atoms with Crippen molar-refractivity contribution in [1.82, 2.24) is 4.90 Å². The molecule has 0 radical (unpaired) electrons. The molecule has 1 fully saturated rings. The highest BCUT2D eigenvalue weighted by Crippen LogP contribution is 2.26. The Kier molecular flexibility index (Phi) is 4.82. The number of ether oxygens (including phenoxy) is 2. The average molecular weight is 351 g/mol. The third-order valence-electron chi connectivity index (χ3n) is 3.78. The predicted molar refractivity (Wildman–Crippen MR) is 88.7 cm³/mol. The molecule has 1 amide bonds. The molecule has 2 aromatic rings. The highest BCUT2D eigenvalue weighted by Gasteiger charge is 2.26. The fourth-order valence-electron chi connectivity index (χ4n) is 2.79. The molecule has 128 valence electrons. The van der Waals surface area contributed by atoms with Gasteiger partial charge in [-0.2, -0.15) is 0 Å². The average Bonchev–Trinajstić information content (AvgIpc) is 2.94. The number of rotatable bonds is 3. The van der Waals surface area contributed by atoms with Crippen LogP contribution in [0.1, 0.15) is 23.5 Å². The van der Waals surface area contributed by atoms with Crippen LogP contribution in [0.25, 0.3) is 10.1 Å². The maximum Gasteiger partial charge on any atom is 0.348 e. The van der Waals surface area contributed by atoms with Gasteiger partial charge in [-0.25, -0.2) is 9.18 Å². The van der Waals surface area contributed by atoms with Crippen LogP contribution in [0.2, 0.25) is 0 Å². The first kappa shape index (κ1) is 16.9. The Balaban J connectivity index is 1.60. The zero-order chi connectivity index (χ0) is 17.3. The fourth-order valence-corrected chi connectivity index (χ4v) is 3.72. The maximum absolute atomic E-state index is 13.2. The molecule has 1 aliphatic rings. The molecular weight excluding hydrogens is 333 g/mol. The van der Waals surface area contributed by atoms with Crippen LogP contribution in [0.4, 0.5) is 4.39 Å². The number of benzene rings is 1. The monoisotopic (exact) mass is 351 g/mol. The summed E-state index contributed by atoms with van der Waals surface area (Å²) in [6, 6.07) is 5.91. The largest absolute Gasteiger partial charge is 0.451 e. The van der Waals surface area contributed by atoms with Gasteiger partial charge in [0.1, 0.15) is 10.7 Å². The highest BCUT2D eigenvalue weighted by molar-refractivity contribution is 7.20. The lowest BCUT2D eigenvalue weighted by molar-refractivity contribution is -0.146. The number of hydrogen-bond donors (Lipinski definition) is 0. The van der Waals surface area contributed by atoms with Crippen molar-refractivity contribution in [2.75, 3.05) is 19.7 Å². The molecule has 1 saturated heterocycles. The minimum atomic E-state index is -0.570. The molecule has 24 heavy (non-hydrogen) atoms. The number of amides is 1. The highest BCUT2D eigenvalue weighted by atomic mass is 32.1. The zero-order valence-electron chi connectivity index (χ0n) is 13.5. The second-order valence-electron chi connectivity index (χ2n) is 5.92. The Hall–Kier alpha value is -1.99. The van der Waals surface area contributed by atoms with E-state index in [2.05, 4.69) is 0 Å². The molecule has 1 aliphatic heterocycles. The van der Waals surface area contributed by atoms with E-state index in [4.69, 9.17) is 9.47 Å². The molecule has 0 N–H and O–H groups in total. The van der Waals surface area contributed by atoms with Crippen molar-refractivity contribution in [2.45, 2.75) is 26.1 Å². The van der Waals surface area contributed by atoms with E-state index in [1.165, 1.54) is 23.5 Å². The molecule has 1 aromatic carbocycles. The lowest BCUT2D eigenvalue weighted by atomic mass is 10.2. The Morgan fingerprint density at radius 2 is 2.00 bits per heavy atom. The summed E-state index contributed by atoms with van der Waals surface area (Å²) in [5, 5.41) is 0.647. The topological polar surface area (TPSA) is 55.8 Å². The summed E-state index contributed by atoms with van der Waals surface area (Å²) in [6.07, 6.45) is -0.0724. The van der Waals surface area contributed by atoms with Crippen molar-refractivity contribution >= 4 is 33.3 Å². The van der Waals surface area contributed by atoms with E-state index < -0.39 is 5.97 Å². The van der Waals surface area contributed by atoms with Crippen LogP contribution in [0, 0.1) is 5.82 Å². The fraction of sp³-hybridized carbons (Fsp3) is 0.412. The molecule has 2 heterocycles. The molecule has 0 spiro atoms. The number of carbonyl (C=O) groups is 2. The minimum absolute atomic E-state index is 0.0362. The van der Waals surface area contributed by atoms with Gasteiger partial charge in [-0.05, 0) is 43.5 Å². The first-order chi connectivity index (χ1) is 11.4. The van der Waals surface area contributed by atoms with Gasteiger partial charge in [0, 0.05) is 17.8 Å². The molecular formula is C17H18FNO4S. The molecule has 0 aliphatic carbocycles. The van der Waals surface area contributed by atoms with Crippen molar-refractivity contribution in [3.05, 3.63) is 35.0 Å². The van der Waals surface area contributed by atoms with E-state index in [0.29, 0.717) is 23.4 Å². The van der Waals surface area contributed by atoms with Gasteiger partial charge in [0.05, 0.1) is 12.2 Å². The van der Waals surface area contributed by atoms with Gasteiger partial charge < -0.3 is 14.4 Å². The summed E-state index contributed by atoms with van der Waals surface area (Å²) in [6.45, 7) is 4.48. The molecule has 7 heteroatoms. The lowest BCUT2D eigenvalue weighted by Crippen LogP contribution is -2.49. The van der Waals surface area contributed by atoms with E-state index in [0.717, 1.165) is 4.70 Å². The van der Waals surface area contributed by atoms with Crippen LogP contribution in [0.5, 0.6) is 0 Å². The first-order valence-corrected chi connectivity index (χ1v) is 8.53. The zero-order valence-corrected chi connectivity index (χ0v) is 14.3. The van der Waals surface area contributed by atoms with Crippen molar-refractivity contribution < 1.29 is 23.5 Å². The van der Waals surface area contributed by atoms with Crippen molar-refractivity contribution in [3.8, 4) is 0 Å². The number of hydrogen-bond acceptors (Lipinski definition) is 5.